The highest BCUT2D eigenvalue weighted by Crippen LogP contribution is 2.05. The van der Waals surface area contributed by atoms with Crippen molar-refractivity contribution in [1.29, 1.82) is 0 Å². The van der Waals surface area contributed by atoms with E-state index in [0.717, 1.165) is 30.7 Å². The van der Waals surface area contributed by atoms with Gasteiger partial charge < -0.3 is 38.8 Å². The minimum atomic E-state index is -0.567. The van der Waals surface area contributed by atoms with Crippen LogP contribution in [0.3, 0.4) is 0 Å². The predicted octanol–water partition coefficient (Wildman–Crippen LogP) is -2.44. The summed E-state index contributed by atoms with van der Waals surface area (Å²) < 4.78 is 10.7. The van der Waals surface area contributed by atoms with Gasteiger partial charge in [0.15, 0.2) is 0 Å². The molecule has 0 aromatic carbocycles. The highest BCUT2D eigenvalue weighted by atomic mass is 127. The van der Waals surface area contributed by atoms with Gasteiger partial charge in [-0.15, -0.1) is 0 Å². The lowest BCUT2D eigenvalue weighted by atomic mass is 10.3. The second-order valence-corrected chi connectivity index (χ2v) is 4.51. The van der Waals surface area contributed by atoms with E-state index >= 15 is 0 Å². The average molecular weight is 344 g/mol. The van der Waals surface area contributed by atoms with Crippen LogP contribution in [0, 0.1) is 0 Å². The smallest absolute Gasteiger partial charge is 0.512 e. The maximum absolute atomic E-state index is 11.2. The fourth-order valence-electron chi connectivity index (χ4n) is 1.50. The number of nitrogens with zero attached hydrogens (tertiary/aromatic N) is 1. The lowest BCUT2D eigenvalue weighted by Crippen LogP contribution is -3.00. The summed E-state index contributed by atoms with van der Waals surface area (Å²) in [6.07, 6.45) is -0.686. The van der Waals surface area contributed by atoms with Crippen LogP contribution < -0.4 is 29.3 Å². The van der Waals surface area contributed by atoms with Crippen molar-refractivity contribution in [2.75, 3.05) is 40.0 Å². The quantitative estimate of drug-likeness (QED) is 0.351. The molecule has 0 saturated carbocycles. The third-order valence-electron chi connectivity index (χ3n) is 2.48. The van der Waals surface area contributed by atoms with E-state index in [0.29, 0.717) is 6.73 Å². The molecule has 0 radical (unpaired) electrons. The summed E-state index contributed by atoms with van der Waals surface area (Å²) in [6, 6.07) is 0. The second-order valence-electron chi connectivity index (χ2n) is 4.51. The highest BCUT2D eigenvalue weighted by molar-refractivity contribution is 5.59. The normalized spacial score (nSPS) is 18.8. The molecule has 1 aliphatic heterocycles. The van der Waals surface area contributed by atoms with Gasteiger partial charge in [0.1, 0.15) is 0 Å². The van der Waals surface area contributed by atoms with Crippen molar-refractivity contribution in [3.63, 3.8) is 0 Å². The third kappa shape index (κ3) is 5.86. The van der Waals surface area contributed by atoms with E-state index in [1.54, 1.807) is 0 Å². The summed E-state index contributed by atoms with van der Waals surface area (Å²) in [6.45, 7) is 7.92. The molecule has 0 unspecified atom stereocenters. The van der Waals surface area contributed by atoms with E-state index in [4.69, 9.17) is 9.47 Å². The fourth-order valence-corrected chi connectivity index (χ4v) is 1.50. The van der Waals surface area contributed by atoms with Gasteiger partial charge in [0.2, 0.25) is 6.73 Å². The summed E-state index contributed by atoms with van der Waals surface area (Å²) in [5, 5.41) is 3.27. The molecule has 1 aliphatic rings. The molecule has 6 heteroatoms. The lowest BCUT2D eigenvalue weighted by molar-refractivity contribution is -0.927. The number of hydrogen-bond donors (Lipinski definition) is 1. The Morgan fingerprint density at radius 1 is 1.38 bits per heavy atom. The van der Waals surface area contributed by atoms with Crippen molar-refractivity contribution < 1.29 is 42.7 Å². The minimum absolute atomic E-state index is 0. The van der Waals surface area contributed by atoms with E-state index in [1.807, 2.05) is 13.8 Å². The number of rotatable bonds is 3. The highest BCUT2D eigenvalue weighted by Gasteiger charge is 2.26. The van der Waals surface area contributed by atoms with Crippen LogP contribution in [0.15, 0.2) is 0 Å². The molecule has 1 rings (SSSR count). The molecule has 0 spiro atoms. The van der Waals surface area contributed by atoms with Crippen LogP contribution in [0.25, 0.3) is 0 Å². The van der Waals surface area contributed by atoms with Crippen LogP contribution in [0.5, 0.6) is 0 Å². The summed E-state index contributed by atoms with van der Waals surface area (Å²) in [7, 11) is 2.09. The molecule has 5 nitrogen and oxygen atoms in total. The number of piperazine rings is 1. The minimum Gasteiger partial charge on any atom is -1.00 e. The molecule has 0 aliphatic carbocycles. The molecular formula is C10H21IN2O3. The molecule has 0 bridgehead atoms. The molecular weight excluding hydrogens is 323 g/mol. The zero-order chi connectivity index (χ0) is 11.3. The molecule has 0 aromatic rings. The van der Waals surface area contributed by atoms with E-state index in [2.05, 4.69) is 12.4 Å². The Bertz CT molecular complexity index is 218. The largest absolute Gasteiger partial charge is 1.00 e. The number of hydrogen-bond acceptors (Lipinski definition) is 4. The van der Waals surface area contributed by atoms with Gasteiger partial charge in [0, 0.05) is 13.1 Å². The molecule has 1 N–H and O–H groups in total. The van der Waals surface area contributed by atoms with Gasteiger partial charge in [-0.25, -0.2) is 4.79 Å². The van der Waals surface area contributed by atoms with Crippen molar-refractivity contribution in [3.8, 4) is 0 Å². The van der Waals surface area contributed by atoms with Crippen LogP contribution >= 0.6 is 0 Å². The number of ether oxygens (including phenoxy) is 2. The molecule has 96 valence electrons. The first-order valence-corrected chi connectivity index (χ1v) is 5.39. The molecule has 0 atom stereocenters. The molecule has 16 heavy (non-hydrogen) atoms. The first kappa shape index (κ1) is 15.9. The number of nitrogens with one attached hydrogen (secondary N) is 1. The van der Waals surface area contributed by atoms with Gasteiger partial charge in [0.05, 0.1) is 26.2 Å². The van der Waals surface area contributed by atoms with Crippen molar-refractivity contribution in [2.45, 2.75) is 20.0 Å². The van der Waals surface area contributed by atoms with E-state index in [-0.39, 0.29) is 30.1 Å². The number of halogens is 1. The van der Waals surface area contributed by atoms with Gasteiger partial charge in [0.25, 0.3) is 0 Å². The standard InChI is InChI=1S/C10H21N2O3.HI/c1-9(2)15-10(13)14-8-12(3)6-4-11-5-7-12;/h9,11H,4-8H2,1-3H3;1H/q+1;/p-1. The Morgan fingerprint density at radius 3 is 2.44 bits per heavy atom. The summed E-state index contributed by atoms with van der Waals surface area (Å²) >= 11 is 0. The molecule has 0 amide bonds. The summed E-state index contributed by atoms with van der Waals surface area (Å²) in [5.74, 6) is 0. The number of likely N-dealkylation sites (N-methyl/N-ethyl adjacent to an activating group) is 1. The Labute approximate surface area is 114 Å². The molecule has 0 aromatic heterocycles. The number of carbonyl (C=O) groups is 1. The molecule has 1 saturated heterocycles. The molecule has 1 heterocycles. The van der Waals surface area contributed by atoms with Gasteiger partial charge in [-0.2, -0.15) is 0 Å². The first-order chi connectivity index (χ1) is 7.02. The number of quaternary nitrogens is 1. The van der Waals surface area contributed by atoms with Crippen LogP contribution in [-0.2, 0) is 9.47 Å². The topological polar surface area (TPSA) is 47.6 Å². The van der Waals surface area contributed by atoms with Gasteiger partial charge in [-0.1, -0.05) is 0 Å². The van der Waals surface area contributed by atoms with Gasteiger partial charge >= 0.3 is 6.16 Å². The van der Waals surface area contributed by atoms with Crippen LogP contribution in [0.2, 0.25) is 0 Å². The SMILES string of the molecule is CC(C)OC(=O)OC[N+]1(C)CCNCC1.[I-]. The van der Waals surface area contributed by atoms with Crippen molar-refractivity contribution in [3.05, 3.63) is 0 Å². The van der Waals surface area contributed by atoms with Gasteiger partial charge in [-0.05, 0) is 13.8 Å². The fraction of sp³-hybridized carbons (Fsp3) is 0.900. The van der Waals surface area contributed by atoms with Crippen molar-refractivity contribution >= 4 is 6.16 Å². The van der Waals surface area contributed by atoms with Crippen molar-refractivity contribution in [1.82, 2.24) is 5.32 Å². The Hall–Kier alpha value is -0.0800. The number of carbonyl (C=O) groups excluding carboxylic acids is 1. The maximum atomic E-state index is 11.2. The van der Waals surface area contributed by atoms with Crippen molar-refractivity contribution in [2.24, 2.45) is 0 Å². The molecule has 1 fully saturated rings. The van der Waals surface area contributed by atoms with E-state index < -0.39 is 6.16 Å². The zero-order valence-electron chi connectivity index (χ0n) is 10.2. The van der Waals surface area contributed by atoms with Gasteiger partial charge in [-0.3, -0.25) is 4.48 Å². The average Bonchev–Trinajstić information content (AvgIpc) is 2.15. The van der Waals surface area contributed by atoms with Crippen LogP contribution in [0.1, 0.15) is 13.8 Å². The van der Waals surface area contributed by atoms with Crippen LogP contribution in [-0.4, -0.2) is 56.7 Å². The summed E-state index contributed by atoms with van der Waals surface area (Å²) in [4.78, 5) is 11.2. The first-order valence-electron chi connectivity index (χ1n) is 5.39. The zero-order valence-corrected chi connectivity index (χ0v) is 12.3. The monoisotopic (exact) mass is 344 g/mol. The second kappa shape index (κ2) is 7.29. The van der Waals surface area contributed by atoms with Crippen LogP contribution in [0.4, 0.5) is 4.79 Å². The van der Waals surface area contributed by atoms with E-state index in [9.17, 15) is 4.79 Å². The summed E-state index contributed by atoms with van der Waals surface area (Å²) in [5.41, 5.74) is 0. The maximum Gasteiger partial charge on any atom is 0.512 e. The Balaban J connectivity index is 0.00000225. The Morgan fingerprint density at radius 2 is 1.94 bits per heavy atom. The predicted molar refractivity (Wildman–Crippen MR) is 56.4 cm³/mol. The Kier molecular flexibility index (Phi) is 7.25. The van der Waals surface area contributed by atoms with E-state index in [1.165, 1.54) is 0 Å². The lowest BCUT2D eigenvalue weighted by Gasteiger charge is -2.36. The third-order valence-corrected chi connectivity index (χ3v) is 2.48.